The number of nitrogens with one attached hydrogen (secondary N) is 2. The van der Waals surface area contributed by atoms with Crippen molar-refractivity contribution in [1.82, 2.24) is 20.2 Å². The maximum Gasteiger partial charge on any atom is 0.261 e. The molecule has 1 aliphatic rings. The number of aromatic nitrogens is 2. The van der Waals surface area contributed by atoms with Gasteiger partial charge in [0.15, 0.2) is 0 Å². The third-order valence-electron chi connectivity index (χ3n) is 4.17. The van der Waals surface area contributed by atoms with Crippen LogP contribution < -0.4 is 16.2 Å². The summed E-state index contributed by atoms with van der Waals surface area (Å²) in [7, 11) is 0. The van der Waals surface area contributed by atoms with Crippen molar-refractivity contribution in [2.45, 2.75) is 25.9 Å². The van der Waals surface area contributed by atoms with Crippen molar-refractivity contribution in [2.75, 3.05) is 6.54 Å². The molecule has 1 fully saturated rings. The van der Waals surface area contributed by atoms with Gasteiger partial charge in [0, 0.05) is 11.0 Å². The molecule has 2 amide bonds. The molecule has 1 saturated heterocycles. The van der Waals surface area contributed by atoms with Crippen LogP contribution in [0, 0.1) is 5.92 Å². The maximum atomic E-state index is 12.5. The van der Waals surface area contributed by atoms with E-state index in [1.807, 2.05) is 6.92 Å². The van der Waals surface area contributed by atoms with Crippen molar-refractivity contribution >= 4 is 38.6 Å². The average molecular weight is 393 g/mol. The van der Waals surface area contributed by atoms with Gasteiger partial charge in [-0.1, -0.05) is 22.9 Å². The molecule has 7 nitrogen and oxygen atoms in total. The minimum Gasteiger partial charge on any atom is -0.354 e. The van der Waals surface area contributed by atoms with Gasteiger partial charge in [-0.3, -0.25) is 19.0 Å². The van der Waals surface area contributed by atoms with E-state index in [4.69, 9.17) is 0 Å². The van der Waals surface area contributed by atoms with Gasteiger partial charge in [0.25, 0.3) is 5.56 Å². The van der Waals surface area contributed by atoms with Gasteiger partial charge >= 0.3 is 0 Å². The molecule has 2 aromatic rings. The Morgan fingerprint density at radius 3 is 3.00 bits per heavy atom. The average Bonchev–Trinajstić information content (AvgIpc) is 2.54. The summed E-state index contributed by atoms with van der Waals surface area (Å²) in [6.07, 6.45) is 2.16. The number of rotatable bonds is 3. The molecule has 0 unspecified atom stereocenters. The summed E-state index contributed by atoms with van der Waals surface area (Å²) in [5.41, 5.74) is 0.276. The van der Waals surface area contributed by atoms with Gasteiger partial charge in [-0.05, 0) is 30.5 Å². The zero-order valence-corrected chi connectivity index (χ0v) is 14.7. The van der Waals surface area contributed by atoms with Crippen LogP contribution in [0.4, 0.5) is 0 Å². The largest absolute Gasteiger partial charge is 0.354 e. The summed E-state index contributed by atoms with van der Waals surface area (Å²) in [5.74, 6) is -0.512. The molecule has 24 heavy (non-hydrogen) atoms. The Morgan fingerprint density at radius 1 is 1.46 bits per heavy atom. The first-order valence-corrected chi connectivity index (χ1v) is 8.47. The van der Waals surface area contributed by atoms with E-state index in [9.17, 15) is 14.4 Å². The van der Waals surface area contributed by atoms with E-state index in [0.29, 0.717) is 17.4 Å². The first-order chi connectivity index (χ1) is 11.5. The van der Waals surface area contributed by atoms with Crippen LogP contribution in [-0.2, 0) is 16.1 Å². The second kappa shape index (κ2) is 6.72. The maximum absolute atomic E-state index is 12.5. The lowest BCUT2D eigenvalue weighted by atomic mass is 9.94. The van der Waals surface area contributed by atoms with Crippen LogP contribution in [0.25, 0.3) is 10.9 Å². The van der Waals surface area contributed by atoms with Crippen LogP contribution in [0.15, 0.2) is 33.8 Å². The zero-order valence-electron chi connectivity index (χ0n) is 13.1. The molecule has 1 aromatic heterocycles. The van der Waals surface area contributed by atoms with E-state index < -0.39 is 6.04 Å². The number of piperidine rings is 1. The first-order valence-electron chi connectivity index (χ1n) is 7.67. The monoisotopic (exact) mass is 392 g/mol. The van der Waals surface area contributed by atoms with Crippen molar-refractivity contribution in [3.63, 3.8) is 0 Å². The van der Waals surface area contributed by atoms with E-state index in [1.54, 1.807) is 18.2 Å². The van der Waals surface area contributed by atoms with Crippen LogP contribution >= 0.6 is 15.9 Å². The van der Waals surface area contributed by atoms with E-state index in [2.05, 4.69) is 31.5 Å². The quantitative estimate of drug-likeness (QED) is 0.807. The van der Waals surface area contributed by atoms with Gasteiger partial charge in [-0.25, -0.2) is 4.98 Å². The highest BCUT2D eigenvalue weighted by atomic mass is 79.9. The van der Waals surface area contributed by atoms with E-state index in [1.165, 1.54) is 10.9 Å². The second-order valence-electron chi connectivity index (χ2n) is 5.94. The summed E-state index contributed by atoms with van der Waals surface area (Å²) in [5, 5.41) is 5.87. The van der Waals surface area contributed by atoms with Crippen molar-refractivity contribution in [2.24, 2.45) is 5.92 Å². The van der Waals surface area contributed by atoms with Crippen LogP contribution in [0.5, 0.6) is 0 Å². The third kappa shape index (κ3) is 3.33. The van der Waals surface area contributed by atoms with Gasteiger partial charge in [0.2, 0.25) is 11.8 Å². The molecule has 2 atom stereocenters. The van der Waals surface area contributed by atoms with E-state index in [0.717, 1.165) is 10.9 Å². The number of carbonyl (C=O) groups is 2. The topological polar surface area (TPSA) is 93.1 Å². The molecular weight excluding hydrogens is 376 g/mol. The normalized spacial score (nSPS) is 20.7. The van der Waals surface area contributed by atoms with E-state index >= 15 is 0 Å². The molecule has 2 N–H and O–H groups in total. The lowest BCUT2D eigenvalue weighted by Crippen LogP contribution is -2.55. The van der Waals surface area contributed by atoms with Gasteiger partial charge in [-0.15, -0.1) is 0 Å². The predicted molar refractivity (Wildman–Crippen MR) is 92.4 cm³/mol. The third-order valence-corrected chi connectivity index (χ3v) is 4.66. The smallest absolute Gasteiger partial charge is 0.261 e. The molecule has 0 bridgehead atoms. The van der Waals surface area contributed by atoms with Crippen LogP contribution in [0.3, 0.4) is 0 Å². The molecule has 1 aliphatic heterocycles. The predicted octanol–water partition coefficient (Wildman–Crippen LogP) is 0.800. The molecule has 3 rings (SSSR count). The fraction of sp³-hybridized carbons (Fsp3) is 0.375. The van der Waals surface area contributed by atoms with Gasteiger partial charge < -0.3 is 10.6 Å². The summed E-state index contributed by atoms with van der Waals surface area (Å²) in [4.78, 5) is 40.8. The number of benzene rings is 1. The van der Waals surface area contributed by atoms with Crippen LogP contribution in [0.1, 0.15) is 13.3 Å². The number of halogens is 1. The van der Waals surface area contributed by atoms with Crippen molar-refractivity contribution in [3.05, 3.63) is 39.4 Å². The number of fused-ring (bicyclic) bond motifs is 1. The fourth-order valence-corrected chi connectivity index (χ4v) is 3.14. The van der Waals surface area contributed by atoms with E-state index in [-0.39, 0.29) is 29.8 Å². The number of carbonyl (C=O) groups excluding carboxylic acids is 2. The number of hydrogen-bond acceptors (Lipinski definition) is 4. The van der Waals surface area contributed by atoms with Crippen molar-refractivity contribution in [3.8, 4) is 0 Å². The van der Waals surface area contributed by atoms with Gasteiger partial charge in [0.05, 0.1) is 17.2 Å². The van der Waals surface area contributed by atoms with Crippen molar-refractivity contribution < 1.29 is 9.59 Å². The van der Waals surface area contributed by atoms with Crippen LogP contribution in [-0.4, -0.2) is 34.0 Å². The first kappa shape index (κ1) is 16.6. The number of hydrogen-bond donors (Lipinski definition) is 2. The summed E-state index contributed by atoms with van der Waals surface area (Å²) >= 11 is 3.32. The summed E-state index contributed by atoms with van der Waals surface area (Å²) in [6.45, 7) is 2.37. The van der Waals surface area contributed by atoms with Gasteiger partial charge in [0.1, 0.15) is 12.6 Å². The molecule has 126 valence electrons. The molecule has 0 aliphatic carbocycles. The minimum absolute atomic E-state index is 0.0603. The van der Waals surface area contributed by atoms with Crippen LogP contribution in [0.2, 0.25) is 0 Å². The Labute approximate surface area is 146 Å². The van der Waals surface area contributed by atoms with Gasteiger partial charge in [-0.2, -0.15) is 0 Å². The Balaban J connectivity index is 1.79. The number of amides is 2. The highest BCUT2D eigenvalue weighted by molar-refractivity contribution is 9.10. The Morgan fingerprint density at radius 2 is 2.25 bits per heavy atom. The Hall–Kier alpha value is -2.22. The highest BCUT2D eigenvalue weighted by Gasteiger charge is 2.30. The molecule has 2 heterocycles. The summed E-state index contributed by atoms with van der Waals surface area (Å²) < 4.78 is 2.01. The lowest BCUT2D eigenvalue weighted by molar-refractivity contribution is -0.131. The zero-order chi connectivity index (χ0) is 17.3. The SMILES string of the molecule is C[C@@H]1CCNC(=O)[C@H]1NC(=O)Cn1cnc2ccc(Br)cc2c1=O. The second-order valence-corrected chi connectivity index (χ2v) is 6.86. The highest BCUT2D eigenvalue weighted by Crippen LogP contribution is 2.15. The Bertz CT molecular complexity index is 864. The number of nitrogens with zero attached hydrogens (tertiary/aromatic N) is 2. The summed E-state index contributed by atoms with van der Waals surface area (Å²) in [6, 6.07) is 4.65. The fourth-order valence-electron chi connectivity index (χ4n) is 2.78. The molecule has 0 spiro atoms. The van der Waals surface area contributed by atoms with Crippen molar-refractivity contribution in [1.29, 1.82) is 0 Å². The molecular formula is C16H17BrN4O3. The molecule has 0 radical (unpaired) electrons. The standard InChI is InChI=1S/C16H17BrN4O3/c1-9-4-5-18-15(23)14(9)20-13(22)7-21-8-19-12-3-2-10(17)6-11(12)16(21)24/h2-3,6,8-9,14H,4-5,7H2,1H3,(H,18,23)(H,20,22)/t9-,14+/m1/s1. The Kier molecular flexibility index (Phi) is 4.66. The molecule has 0 saturated carbocycles. The molecule has 8 heteroatoms. The lowest BCUT2D eigenvalue weighted by Gasteiger charge is -2.29. The molecule has 1 aromatic carbocycles. The minimum atomic E-state index is -0.565.